The van der Waals surface area contributed by atoms with E-state index < -0.39 is 17.5 Å². The molecule has 2 nitrogen and oxygen atoms in total. The molecule has 2 aromatic carbocycles. The summed E-state index contributed by atoms with van der Waals surface area (Å²) >= 11 is 5.89. The third kappa shape index (κ3) is 2.64. The number of carbonyl (C=O) groups excluding carboxylic acids is 1. The van der Waals surface area contributed by atoms with E-state index in [1.165, 1.54) is 18.2 Å². The van der Waals surface area contributed by atoms with Crippen LogP contribution in [0.15, 0.2) is 48.5 Å². The van der Waals surface area contributed by atoms with Crippen molar-refractivity contribution < 1.29 is 9.18 Å². The predicted octanol–water partition coefficient (Wildman–Crippen LogP) is 3.97. The smallest absolute Gasteiger partial charge is 0.184 e. The zero-order valence-electron chi connectivity index (χ0n) is 9.81. The highest BCUT2D eigenvalue weighted by Gasteiger charge is 2.26. The molecule has 0 spiro atoms. The summed E-state index contributed by atoms with van der Waals surface area (Å²) in [5.74, 6) is -2.35. The Bertz CT molecular complexity index is 629. The van der Waals surface area contributed by atoms with E-state index >= 15 is 0 Å². The second kappa shape index (κ2) is 5.64. The molecule has 2 aromatic rings. The van der Waals surface area contributed by atoms with Crippen LogP contribution in [0.2, 0.25) is 5.02 Å². The van der Waals surface area contributed by atoms with E-state index in [1.807, 2.05) is 6.07 Å². The van der Waals surface area contributed by atoms with Crippen LogP contribution in [0.25, 0.3) is 0 Å². The molecule has 2 rings (SSSR count). The van der Waals surface area contributed by atoms with Gasteiger partial charge in [0.05, 0.1) is 6.07 Å². The van der Waals surface area contributed by atoms with Gasteiger partial charge in [-0.15, -0.1) is 0 Å². The summed E-state index contributed by atoms with van der Waals surface area (Å²) in [6.45, 7) is 0. The third-order valence-corrected chi connectivity index (χ3v) is 3.07. The first kappa shape index (κ1) is 13.3. The van der Waals surface area contributed by atoms with Crippen LogP contribution in [0.5, 0.6) is 0 Å². The molecule has 0 aliphatic rings. The zero-order chi connectivity index (χ0) is 13.8. The monoisotopic (exact) mass is 273 g/mol. The Labute approximate surface area is 115 Å². The highest BCUT2D eigenvalue weighted by molar-refractivity contribution is 6.31. The molecule has 0 radical (unpaired) electrons. The van der Waals surface area contributed by atoms with Gasteiger partial charge in [-0.05, 0) is 12.1 Å². The van der Waals surface area contributed by atoms with Gasteiger partial charge in [-0.3, -0.25) is 4.79 Å². The molecule has 0 aliphatic heterocycles. The van der Waals surface area contributed by atoms with Gasteiger partial charge in [-0.2, -0.15) is 5.26 Å². The van der Waals surface area contributed by atoms with Gasteiger partial charge >= 0.3 is 0 Å². The Morgan fingerprint density at radius 3 is 2.42 bits per heavy atom. The van der Waals surface area contributed by atoms with E-state index in [9.17, 15) is 9.18 Å². The van der Waals surface area contributed by atoms with Crippen molar-refractivity contribution in [1.29, 1.82) is 5.26 Å². The molecule has 1 unspecified atom stereocenters. The molecule has 94 valence electrons. The highest BCUT2D eigenvalue weighted by atomic mass is 35.5. The fraction of sp³-hybridized carbons (Fsp3) is 0.0667. The number of Topliss-reactive ketones (excluding diaryl/α,β-unsaturated/α-hetero) is 1. The molecule has 19 heavy (non-hydrogen) atoms. The highest BCUT2D eigenvalue weighted by Crippen LogP contribution is 2.29. The number of nitrogens with zero attached hydrogens (tertiary/aromatic N) is 1. The van der Waals surface area contributed by atoms with Gasteiger partial charge in [0.2, 0.25) is 0 Å². The average molecular weight is 274 g/mol. The molecule has 0 saturated carbocycles. The number of ketones is 1. The van der Waals surface area contributed by atoms with Gasteiger partial charge in [-0.25, -0.2) is 4.39 Å². The summed E-state index contributed by atoms with van der Waals surface area (Å²) in [7, 11) is 0. The number of hydrogen-bond donors (Lipinski definition) is 0. The van der Waals surface area contributed by atoms with E-state index in [0.717, 1.165) is 0 Å². The molecule has 0 aromatic heterocycles. The summed E-state index contributed by atoms with van der Waals surface area (Å²) in [6, 6.07) is 14.2. The molecule has 0 heterocycles. The van der Waals surface area contributed by atoms with Crippen LogP contribution in [0, 0.1) is 17.1 Å². The number of carbonyl (C=O) groups is 1. The fourth-order valence-electron chi connectivity index (χ4n) is 1.81. The Morgan fingerprint density at radius 1 is 1.16 bits per heavy atom. The van der Waals surface area contributed by atoms with E-state index in [1.54, 1.807) is 30.3 Å². The minimum Gasteiger partial charge on any atom is -0.292 e. The Hall–Kier alpha value is -2.18. The minimum atomic E-state index is -1.24. The van der Waals surface area contributed by atoms with Crippen LogP contribution in [0.1, 0.15) is 21.8 Å². The number of halogens is 2. The van der Waals surface area contributed by atoms with E-state index in [2.05, 4.69) is 0 Å². The standard InChI is InChI=1S/C15H9ClFNO/c16-12-7-4-8-13(17)14(12)11(9-18)15(19)10-5-2-1-3-6-10/h1-8,11H. The van der Waals surface area contributed by atoms with Gasteiger partial charge in [-0.1, -0.05) is 48.0 Å². The third-order valence-electron chi connectivity index (χ3n) is 2.74. The molecular weight excluding hydrogens is 265 g/mol. The van der Waals surface area contributed by atoms with Crippen LogP contribution >= 0.6 is 11.6 Å². The maximum absolute atomic E-state index is 13.8. The molecular formula is C15H9ClFNO. The normalized spacial score (nSPS) is 11.6. The Balaban J connectivity index is 2.47. The van der Waals surface area contributed by atoms with Crippen molar-refractivity contribution in [1.82, 2.24) is 0 Å². The number of hydrogen-bond acceptors (Lipinski definition) is 2. The largest absolute Gasteiger partial charge is 0.292 e. The van der Waals surface area contributed by atoms with Crippen molar-refractivity contribution in [3.05, 3.63) is 70.5 Å². The van der Waals surface area contributed by atoms with E-state index in [0.29, 0.717) is 5.56 Å². The minimum absolute atomic E-state index is 0.0690. The number of benzene rings is 2. The first-order valence-corrected chi connectivity index (χ1v) is 5.95. The number of rotatable bonds is 3. The van der Waals surface area contributed by atoms with Crippen molar-refractivity contribution in [2.24, 2.45) is 0 Å². The predicted molar refractivity (Wildman–Crippen MR) is 70.5 cm³/mol. The first-order valence-electron chi connectivity index (χ1n) is 5.58. The summed E-state index contributed by atoms with van der Waals surface area (Å²) in [6.07, 6.45) is 0. The maximum atomic E-state index is 13.8. The SMILES string of the molecule is N#CC(C(=O)c1ccccc1)c1c(F)cccc1Cl. The molecule has 1 atom stereocenters. The van der Waals surface area contributed by atoms with Crippen LogP contribution in [0.4, 0.5) is 4.39 Å². The molecule has 4 heteroatoms. The van der Waals surface area contributed by atoms with Crippen molar-refractivity contribution >= 4 is 17.4 Å². The summed E-state index contributed by atoms with van der Waals surface area (Å²) < 4.78 is 13.8. The van der Waals surface area contributed by atoms with Gasteiger partial charge in [0.15, 0.2) is 5.78 Å². The van der Waals surface area contributed by atoms with Gasteiger partial charge < -0.3 is 0 Å². The molecule has 0 fully saturated rings. The fourth-order valence-corrected chi connectivity index (χ4v) is 2.08. The van der Waals surface area contributed by atoms with Gasteiger partial charge in [0.25, 0.3) is 0 Å². The van der Waals surface area contributed by atoms with E-state index in [4.69, 9.17) is 16.9 Å². The second-order valence-electron chi connectivity index (χ2n) is 3.93. The quantitative estimate of drug-likeness (QED) is 0.794. The lowest BCUT2D eigenvalue weighted by Gasteiger charge is -2.11. The van der Waals surface area contributed by atoms with Crippen LogP contribution in [-0.4, -0.2) is 5.78 Å². The number of nitriles is 1. The summed E-state index contributed by atoms with van der Waals surface area (Å²) in [5, 5.41) is 9.24. The molecule has 0 aliphatic carbocycles. The molecule has 0 N–H and O–H groups in total. The second-order valence-corrected chi connectivity index (χ2v) is 4.33. The van der Waals surface area contributed by atoms with Crippen molar-refractivity contribution in [2.75, 3.05) is 0 Å². The van der Waals surface area contributed by atoms with Crippen LogP contribution in [0.3, 0.4) is 0 Å². The van der Waals surface area contributed by atoms with Crippen molar-refractivity contribution in [3.63, 3.8) is 0 Å². The van der Waals surface area contributed by atoms with Crippen LogP contribution < -0.4 is 0 Å². The Morgan fingerprint density at radius 2 is 1.84 bits per heavy atom. The molecule has 0 bridgehead atoms. The lowest BCUT2D eigenvalue weighted by atomic mass is 9.91. The molecule has 0 amide bonds. The topological polar surface area (TPSA) is 40.9 Å². The van der Waals surface area contributed by atoms with E-state index in [-0.39, 0.29) is 10.6 Å². The van der Waals surface area contributed by atoms with Crippen molar-refractivity contribution in [3.8, 4) is 6.07 Å². The lowest BCUT2D eigenvalue weighted by Crippen LogP contribution is -2.13. The van der Waals surface area contributed by atoms with Gasteiger partial charge in [0.1, 0.15) is 11.7 Å². The lowest BCUT2D eigenvalue weighted by molar-refractivity contribution is 0.0977. The van der Waals surface area contributed by atoms with Gasteiger partial charge in [0, 0.05) is 16.1 Å². The van der Waals surface area contributed by atoms with Crippen LogP contribution in [-0.2, 0) is 0 Å². The summed E-state index contributed by atoms with van der Waals surface area (Å²) in [5.41, 5.74) is 0.286. The zero-order valence-corrected chi connectivity index (χ0v) is 10.6. The Kier molecular flexibility index (Phi) is 3.94. The summed E-state index contributed by atoms with van der Waals surface area (Å²) in [4.78, 5) is 12.2. The first-order chi connectivity index (χ1) is 9.15. The van der Waals surface area contributed by atoms with Crippen molar-refractivity contribution in [2.45, 2.75) is 5.92 Å². The molecule has 0 saturated heterocycles. The maximum Gasteiger partial charge on any atom is 0.184 e. The average Bonchev–Trinajstić information content (AvgIpc) is 2.43.